The van der Waals surface area contributed by atoms with Crippen LogP contribution in [-0.2, 0) is 4.74 Å². The van der Waals surface area contributed by atoms with Crippen LogP contribution in [0.4, 0.5) is 0 Å². The van der Waals surface area contributed by atoms with Crippen LogP contribution in [0, 0.1) is 0 Å². The molecule has 1 N–H and O–H groups in total. The lowest BCUT2D eigenvalue weighted by Crippen LogP contribution is -2.25. The number of aliphatic hydroxyl groups excluding tert-OH is 1. The third-order valence-electron chi connectivity index (χ3n) is 3.60. The van der Waals surface area contributed by atoms with Crippen molar-refractivity contribution >= 4 is 27.5 Å². The zero-order valence-electron chi connectivity index (χ0n) is 11.0. The molecule has 1 aromatic carbocycles. The number of aliphatic hydroxyl groups is 1. The smallest absolute Gasteiger partial charge is 0.0816 e. The molecule has 0 aliphatic carbocycles. The molecular formula is C14H19BrClNO2. The van der Waals surface area contributed by atoms with E-state index in [1.165, 1.54) is 0 Å². The zero-order valence-corrected chi connectivity index (χ0v) is 13.3. The van der Waals surface area contributed by atoms with E-state index in [4.69, 9.17) is 16.3 Å². The molecule has 106 valence electrons. The molecule has 1 saturated heterocycles. The second-order valence-corrected chi connectivity index (χ2v) is 6.24. The first-order chi connectivity index (χ1) is 9.10. The largest absolute Gasteiger partial charge is 0.388 e. The Morgan fingerprint density at radius 3 is 3.00 bits per heavy atom. The number of hydrogen-bond acceptors (Lipinski definition) is 3. The zero-order chi connectivity index (χ0) is 13.8. The van der Waals surface area contributed by atoms with E-state index < -0.39 is 6.10 Å². The first-order valence-electron chi connectivity index (χ1n) is 6.48. The summed E-state index contributed by atoms with van der Waals surface area (Å²) in [6.07, 6.45) is 1.60. The molecular weight excluding hydrogens is 330 g/mol. The number of likely N-dealkylation sites (tertiary alicyclic amines) is 1. The van der Waals surface area contributed by atoms with E-state index in [0.29, 0.717) is 17.5 Å². The minimum atomic E-state index is -0.512. The maximum absolute atomic E-state index is 10.2. The Labute approximate surface area is 127 Å². The fraction of sp³-hybridized carbons (Fsp3) is 0.571. The summed E-state index contributed by atoms with van der Waals surface area (Å²) >= 11 is 9.51. The second-order valence-electron chi connectivity index (χ2n) is 4.92. The third-order valence-corrected chi connectivity index (χ3v) is 4.42. The van der Waals surface area contributed by atoms with Gasteiger partial charge in [-0.2, -0.15) is 0 Å². The number of hydrogen-bond donors (Lipinski definition) is 1. The lowest BCUT2D eigenvalue weighted by Gasteiger charge is -2.19. The summed E-state index contributed by atoms with van der Waals surface area (Å²) in [5, 5.41) is 10.8. The standard InChI is InChI=1S/C14H19BrClNO2/c1-19-11-4-6-17(9-11)7-5-14(18)12-3-2-10(15)8-13(12)16/h2-3,8,11,14,18H,4-7,9H2,1H3. The summed E-state index contributed by atoms with van der Waals surface area (Å²) in [5.74, 6) is 0. The highest BCUT2D eigenvalue weighted by molar-refractivity contribution is 9.10. The van der Waals surface area contributed by atoms with Crippen LogP contribution in [0.25, 0.3) is 0 Å². The van der Waals surface area contributed by atoms with Gasteiger partial charge in [0, 0.05) is 36.2 Å². The Kier molecular flexibility index (Phi) is 5.66. The summed E-state index contributed by atoms with van der Waals surface area (Å²) < 4.78 is 6.26. The maximum atomic E-state index is 10.2. The molecule has 1 aromatic rings. The summed E-state index contributed by atoms with van der Waals surface area (Å²) in [6.45, 7) is 2.87. The van der Waals surface area contributed by atoms with E-state index in [0.717, 1.165) is 36.1 Å². The molecule has 0 amide bonds. The molecule has 0 saturated carbocycles. The SMILES string of the molecule is COC1CCN(CCC(O)c2ccc(Br)cc2Cl)C1. The minimum absolute atomic E-state index is 0.341. The molecule has 1 aliphatic rings. The van der Waals surface area contributed by atoms with Crippen molar-refractivity contribution in [3.63, 3.8) is 0 Å². The normalized spacial score (nSPS) is 21.8. The number of halogens is 2. The Hall–Kier alpha value is -0.130. The first kappa shape index (κ1) is 15.3. The predicted octanol–water partition coefficient (Wildman–Crippen LogP) is 3.25. The van der Waals surface area contributed by atoms with Gasteiger partial charge in [-0.1, -0.05) is 33.6 Å². The molecule has 0 bridgehead atoms. The number of ether oxygens (including phenoxy) is 1. The number of nitrogens with zero attached hydrogens (tertiary/aromatic N) is 1. The van der Waals surface area contributed by atoms with E-state index in [1.54, 1.807) is 7.11 Å². The molecule has 5 heteroatoms. The Morgan fingerprint density at radius 2 is 2.37 bits per heavy atom. The van der Waals surface area contributed by atoms with Crippen molar-refractivity contribution in [1.82, 2.24) is 4.90 Å². The summed E-state index contributed by atoms with van der Waals surface area (Å²) in [7, 11) is 1.75. The number of benzene rings is 1. The molecule has 2 rings (SSSR count). The van der Waals surface area contributed by atoms with Crippen molar-refractivity contribution in [2.45, 2.75) is 25.0 Å². The predicted molar refractivity (Wildman–Crippen MR) is 80.6 cm³/mol. The van der Waals surface area contributed by atoms with Crippen LogP contribution >= 0.6 is 27.5 Å². The van der Waals surface area contributed by atoms with Gasteiger partial charge in [0.15, 0.2) is 0 Å². The molecule has 19 heavy (non-hydrogen) atoms. The summed E-state index contributed by atoms with van der Waals surface area (Å²) in [6, 6.07) is 5.59. The molecule has 2 atom stereocenters. The minimum Gasteiger partial charge on any atom is -0.388 e. The van der Waals surface area contributed by atoms with Gasteiger partial charge in [-0.15, -0.1) is 0 Å². The highest BCUT2D eigenvalue weighted by atomic mass is 79.9. The Balaban J connectivity index is 1.86. The monoisotopic (exact) mass is 347 g/mol. The van der Waals surface area contributed by atoms with Crippen LogP contribution in [-0.4, -0.2) is 42.9 Å². The van der Waals surface area contributed by atoms with Crippen molar-refractivity contribution in [2.75, 3.05) is 26.7 Å². The van der Waals surface area contributed by atoms with E-state index in [-0.39, 0.29) is 0 Å². The van der Waals surface area contributed by atoms with Crippen LogP contribution in [0.1, 0.15) is 24.5 Å². The average Bonchev–Trinajstić information content (AvgIpc) is 2.84. The van der Waals surface area contributed by atoms with Crippen LogP contribution < -0.4 is 0 Å². The van der Waals surface area contributed by atoms with Crippen molar-refractivity contribution in [3.05, 3.63) is 33.3 Å². The molecule has 1 heterocycles. The third kappa shape index (κ3) is 4.17. The molecule has 0 radical (unpaired) electrons. The Bertz CT molecular complexity index is 430. The highest BCUT2D eigenvalue weighted by Gasteiger charge is 2.22. The first-order valence-corrected chi connectivity index (χ1v) is 7.65. The van der Waals surface area contributed by atoms with E-state index >= 15 is 0 Å². The van der Waals surface area contributed by atoms with Crippen molar-refractivity contribution in [2.24, 2.45) is 0 Å². The average molecular weight is 349 g/mol. The van der Waals surface area contributed by atoms with Crippen molar-refractivity contribution < 1.29 is 9.84 Å². The van der Waals surface area contributed by atoms with Gasteiger partial charge < -0.3 is 14.7 Å². The lowest BCUT2D eigenvalue weighted by atomic mass is 10.1. The Morgan fingerprint density at radius 1 is 1.58 bits per heavy atom. The van der Waals surface area contributed by atoms with Gasteiger partial charge in [-0.3, -0.25) is 0 Å². The summed E-state index contributed by atoms with van der Waals surface area (Å²) in [5.41, 5.74) is 0.798. The molecule has 2 unspecified atom stereocenters. The van der Waals surface area contributed by atoms with Gasteiger partial charge in [0.05, 0.1) is 12.2 Å². The van der Waals surface area contributed by atoms with Gasteiger partial charge in [0.1, 0.15) is 0 Å². The number of rotatable bonds is 5. The fourth-order valence-corrected chi connectivity index (χ4v) is 3.22. The molecule has 0 aromatic heterocycles. The van der Waals surface area contributed by atoms with Crippen LogP contribution in [0.2, 0.25) is 5.02 Å². The van der Waals surface area contributed by atoms with Crippen LogP contribution in [0.5, 0.6) is 0 Å². The van der Waals surface area contributed by atoms with Crippen molar-refractivity contribution in [1.29, 1.82) is 0 Å². The van der Waals surface area contributed by atoms with E-state index in [2.05, 4.69) is 20.8 Å². The van der Waals surface area contributed by atoms with E-state index in [1.807, 2.05) is 18.2 Å². The summed E-state index contributed by atoms with van der Waals surface area (Å²) in [4.78, 5) is 2.32. The molecule has 1 fully saturated rings. The second kappa shape index (κ2) is 7.04. The molecule has 3 nitrogen and oxygen atoms in total. The van der Waals surface area contributed by atoms with Gasteiger partial charge in [0.25, 0.3) is 0 Å². The van der Waals surface area contributed by atoms with Crippen LogP contribution in [0.3, 0.4) is 0 Å². The fourth-order valence-electron chi connectivity index (χ4n) is 2.42. The van der Waals surface area contributed by atoms with Crippen LogP contribution in [0.15, 0.2) is 22.7 Å². The highest BCUT2D eigenvalue weighted by Crippen LogP contribution is 2.28. The van der Waals surface area contributed by atoms with Gasteiger partial charge in [-0.25, -0.2) is 0 Å². The maximum Gasteiger partial charge on any atom is 0.0816 e. The quantitative estimate of drug-likeness (QED) is 0.886. The van der Waals surface area contributed by atoms with Crippen molar-refractivity contribution in [3.8, 4) is 0 Å². The van der Waals surface area contributed by atoms with Gasteiger partial charge in [-0.05, 0) is 30.5 Å². The van der Waals surface area contributed by atoms with E-state index in [9.17, 15) is 5.11 Å². The van der Waals surface area contributed by atoms with Gasteiger partial charge >= 0.3 is 0 Å². The molecule has 1 aliphatic heterocycles. The lowest BCUT2D eigenvalue weighted by molar-refractivity contribution is 0.102. The van der Waals surface area contributed by atoms with Gasteiger partial charge in [0.2, 0.25) is 0 Å². The molecule has 0 spiro atoms. The number of methoxy groups -OCH3 is 1. The topological polar surface area (TPSA) is 32.7 Å².